The number of fused-ring (bicyclic) bond motifs is 1. The van der Waals surface area contributed by atoms with Crippen LogP contribution in [-0.2, 0) is 20.5 Å². The average Bonchev–Trinajstić information content (AvgIpc) is 3.34. The lowest BCUT2D eigenvalue weighted by molar-refractivity contribution is -0.143. The first-order chi connectivity index (χ1) is 16.3. The van der Waals surface area contributed by atoms with E-state index in [1.807, 2.05) is 0 Å². The maximum atomic E-state index is 13.9. The van der Waals surface area contributed by atoms with Crippen molar-refractivity contribution >= 4 is 34.3 Å². The molecular weight excluding hydrogens is 499 g/mol. The average molecular weight is 516 g/mol. The summed E-state index contributed by atoms with van der Waals surface area (Å²) in [5.74, 6) is -5.19. The normalized spacial score (nSPS) is 20.3. The van der Waals surface area contributed by atoms with E-state index in [-0.39, 0.29) is 22.8 Å². The Labute approximate surface area is 199 Å². The van der Waals surface area contributed by atoms with Crippen LogP contribution in [-0.4, -0.2) is 53.0 Å². The molecule has 2 atom stereocenters. The number of allylic oxidation sites excluding steroid dienone is 1. The topological polar surface area (TPSA) is 91.8 Å². The number of benzene rings is 1. The highest BCUT2D eigenvalue weighted by molar-refractivity contribution is 7.14. The molecule has 1 saturated heterocycles. The summed E-state index contributed by atoms with van der Waals surface area (Å²) in [7, 11) is 2.80. The molecule has 4 amide bonds. The van der Waals surface area contributed by atoms with Crippen molar-refractivity contribution in [2.24, 2.45) is 5.92 Å². The van der Waals surface area contributed by atoms with Gasteiger partial charge in [-0.3, -0.25) is 19.4 Å². The van der Waals surface area contributed by atoms with Gasteiger partial charge in [-0.25, -0.2) is 18.6 Å². The van der Waals surface area contributed by atoms with Crippen LogP contribution < -0.4 is 5.32 Å². The first-order valence-corrected chi connectivity index (χ1v) is 10.9. The zero-order chi connectivity index (χ0) is 25.8. The Balaban J connectivity index is 1.49. The van der Waals surface area contributed by atoms with Gasteiger partial charge in [0, 0.05) is 25.0 Å². The number of nitrogens with one attached hydrogen (secondary N) is 1. The van der Waals surface area contributed by atoms with E-state index < -0.39 is 53.4 Å². The third kappa shape index (κ3) is 4.33. The zero-order valence-electron chi connectivity index (χ0n) is 18.4. The van der Waals surface area contributed by atoms with Crippen molar-refractivity contribution in [1.82, 2.24) is 14.8 Å². The number of carbonyl (C=O) groups excluding carboxylic acids is 3. The zero-order valence-corrected chi connectivity index (χ0v) is 19.2. The molecule has 0 spiro atoms. The number of rotatable bonds is 4. The molecule has 0 saturated carbocycles. The number of ether oxygens (including phenoxy) is 1. The molecule has 14 heteroatoms. The van der Waals surface area contributed by atoms with Gasteiger partial charge in [0.1, 0.15) is 23.1 Å². The lowest BCUT2D eigenvalue weighted by atomic mass is 9.92. The molecular formula is C21H17F5N4O4S. The van der Waals surface area contributed by atoms with Crippen molar-refractivity contribution in [3.05, 3.63) is 46.0 Å². The van der Waals surface area contributed by atoms with Gasteiger partial charge < -0.3 is 10.1 Å². The van der Waals surface area contributed by atoms with E-state index in [4.69, 9.17) is 4.74 Å². The maximum absolute atomic E-state index is 13.9. The van der Waals surface area contributed by atoms with Crippen LogP contribution in [0, 0.1) is 17.6 Å². The van der Waals surface area contributed by atoms with E-state index in [1.165, 1.54) is 24.4 Å². The largest absolute Gasteiger partial charge is 0.474 e. The van der Waals surface area contributed by atoms with E-state index >= 15 is 0 Å². The maximum Gasteiger partial charge on any atom is 0.422 e. The summed E-state index contributed by atoms with van der Waals surface area (Å²) in [5, 5.41) is 3.83. The summed E-state index contributed by atoms with van der Waals surface area (Å²) < 4.78 is 71.8. The molecule has 8 nitrogen and oxygen atoms in total. The number of amides is 4. The van der Waals surface area contributed by atoms with E-state index in [2.05, 4.69) is 10.3 Å². The molecule has 35 heavy (non-hydrogen) atoms. The molecule has 1 N–H and O–H groups in total. The number of anilines is 1. The van der Waals surface area contributed by atoms with E-state index in [1.54, 1.807) is 6.92 Å². The highest BCUT2D eigenvalue weighted by atomic mass is 32.1. The van der Waals surface area contributed by atoms with Crippen LogP contribution in [0.25, 0.3) is 11.3 Å². The molecule has 4 rings (SSSR count). The predicted molar refractivity (Wildman–Crippen MR) is 113 cm³/mol. The first-order valence-electron chi connectivity index (χ1n) is 10.0. The van der Waals surface area contributed by atoms with Crippen LogP contribution in [0.3, 0.4) is 0 Å². The SMILES string of the molecule is CC1=C(CC(=O)Nc2nc(-c3cc(F)c(C(F)(F)F)c(F)c3)cs2)C2C(=O)N(C)C(=O)N(C)C2O1. The van der Waals surface area contributed by atoms with Gasteiger partial charge in [-0.1, -0.05) is 0 Å². The van der Waals surface area contributed by atoms with Crippen LogP contribution in [0.5, 0.6) is 0 Å². The minimum Gasteiger partial charge on any atom is -0.474 e. The molecule has 2 aromatic rings. The van der Waals surface area contributed by atoms with Crippen LogP contribution >= 0.6 is 11.3 Å². The van der Waals surface area contributed by atoms with Crippen molar-refractivity contribution in [3.63, 3.8) is 0 Å². The van der Waals surface area contributed by atoms with Gasteiger partial charge in [0.2, 0.25) is 11.8 Å². The molecule has 0 radical (unpaired) electrons. The van der Waals surface area contributed by atoms with Crippen molar-refractivity contribution in [1.29, 1.82) is 0 Å². The van der Waals surface area contributed by atoms with Gasteiger partial charge in [0.15, 0.2) is 11.4 Å². The molecule has 0 bridgehead atoms. The molecule has 3 heterocycles. The van der Waals surface area contributed by atoms with Crippen LogP contribution in [0.15, 0.2) is 28.8 Å². The number of hydrogen-bond donors (Lipinski definition) is 1. The Hall–Kier alpha value is -3.55. The van der Waals surface area contributed by atoms with E-state index in [9.17, 15) is 36.3 Å². The number of thiazole rings is 1. The Morgan fingerprint density at radius 2 is 1.83 bits per heavy atom. The number of halogens is 5. The van der Waals surface area contributed by atoms with Gasteiger partial charge in [-0.05, 0) is 24.6 Å². The number of urea groups is 1. The Bertz CT molecular complexity index is 1250. The molecule has 2 unspecified atom stereocenters. The molecule has 1 fully saturated rings. The molecule has 186 valence electrons. The lowest BCUT2D eigenvalue weighted by Crippen LogP contribution is -2.58. The number of aromatic nitrogens is 1. The lowest BCUT2D eigenvalue weighted by Gasteiger charge is -2.37. The second-order valence-electron chi connectivity index (χ2n) is 7.93. The second kappa shape index (κ2) is 8.59. The Morgan fingerprint density at radius 3 is 2.43 bits per heavy atom. The van der Waals surface area contributed by atoms with Crippen LogP contribution in [0.2, 0.25) is 0 Å². The number of alkyl halides is 3. The molecule has 2 aliphatic heterocycles. The third-order valence-corrected chi connectivity index (χ3v) is 6.46. The Kier molecular flexibility index (Phi) is 6.03. The van der Waals surface area contributed by atoms with Crippen LogP contribution in [0.4, 0.5) is 31.9 Å². The van der Waals surface area contributed by atoms with Gasteiger partial charge in [0.05, 0.1) is 17.9 Å². The van der Waals surface area contributed by atoms with Crippen LogP contribution in [0.1, 0.15) is 18.9 Å². The summed E-state index contributed by atoms with van der Waals surface area (Å²) >= 11 is 0.892. The quantitative estimate of drug-likeness (QED) is 0.615. The van der Waals surface area contributed by atoms with Gasteiger partial charge in [0.25, 0.3) is 0 Å². The van der Waals surface area contributed by atoms with Gasteiger partial charge in [-0.2, -0.15) is 13.2 Å². The fraction of sp³-hybridized carbons (Fsp3) is 0.333. The minimum absolute atomic E-state index is 0.0267. The molecule has 2 aliphatic rings. The fourth-order valence-electron chi connectivity index (χ4n) is 3.96. The monoisotopic (exact) mass is 516 g/mol. The summed E-state index contributed by atoms with van der Waals surface area (Å²) in [4.78, 5) is 43.6. The van der Waals surface area contributed by atoms with Crippen molar-refractivity contribution in [2.45, 2.75) is 25.7 Å². The molecule has 1 aromatic carbocycles. The summed E-state index contributed by atoms with van der Waals surface area (Å²) in [6.07, 6.45) is -6.32. The van der Waals surface area contributed by atoms with Gasteiger partial charge >= 0.3 is 12.2 Å². The van der Waals surface area contributed by atoms with Crippen molar-refractivity contribution in [3.8, 4) is 11.3 Å². The molecule has 0 aliphatic carbocycles. The number of nitrogens with zero attached hydrogens (tertiary/aromatic N) is 3. The smallest absolute Gasteiger partial charge is 0.422 e. The predicted octanol–water partition coefficient (Wildman–Crippen LogP) is 4.21. The van der Waals surface area contributed by atoms with E-state index in [0.29, 0.717) is 23.5 Å². The third-order valence-electron chi connectivity index (χ3n) is 5.70. The number of carbonyl (C=O) groups is 3. The fourth-order valence-corrected chi connectivity index (χ4v) is 4.70. The highest BCUT2D eigenvalue weighted by Crippen LogP contribution is 2.39. The summed E-state index contributed by atoms with van der Waals surface area (Å²) in [5.41, 5.74) is -1.90. The van der Waals surface area contributed by atoms with Crippen molar-refractivity contribution < 1.29 is 41.1 Å². The minimum atomic E-state index is -5.19. The van der Waals surface area contributed by atoms with Gasteiger partial charge in [-0.15, -0.1) is 11.3 Å². The van der Waals surface area contributed by atoms with E-state index in [0.717, 1.165) is 16.2 Å². The number of imide groups is 1. The highest BCUT2D eigenvalue weighted by Gasteiger charge is 2.51. The van der Waals surface area contributed by atoms with Crippen molar-refractivity contribution in [2.75, 3.05) is 19.4 Å². The molecule has 1 aromatic heterocycles. The standard InChI is InChI=1S/C21H17F5N4O4S/c1-8-10(15-17(32)29(2)20(33)30(3)18(15)34-8)6-14(31)28-19-27-13(7-35-19)9-4-11(22)16(12(23)5-9)21(24,25)26/h4-5,7,15,18H,6H2,1-3H3,(H,27,28,31). The first kappa shape index (κ1) is 24.6. The number of hydrogen-bond acceptors (Lipinski definition) is 6. The summed E-state index contributed by atoms with van der Waals surface area (Å²) in [6, 6.07) is 0.487. The summed E-state index contributed by atoms with van der Waals surface area (Å²) in [6.45, 7) is 1.57. The Morgan fingerprint density at radius 1 is 1.20 bits per heavy atom. The second-order valence-corrected chi connectivity index (χ2v) is 8.79.